The second-order valence-corrected chi connectivity index (χ2v) is 4.53. The fourth-order valence-electron chi connectivity index (χ4n) is 1.04. The van der Waals surface area contributed by atoms with Crippen molar-refractivity contribution in [3.63, 3.8) is 0 Å². The molecule has 0 spiro atoms. The number of aliphatic carboxylic acids is 1. The summed E-state index contributed by atoms with van der Waals surface area (Å²) in [4.78, 5) is 23.0. The molecule has 100 valence electrons. The SMILES string of the molecule is COCNC(CN)(C(=O)O)C(=O)OC(C)(C)C. The monoisotopic (exact) mass is 248 g/mol. The number of hydrogen-bond donors (Lipinski definition) is 3. The van der Waals surface area contributed by atoms with Crippen LogP contribution in [0.1, 0.15) is 20.8 Å². The molecule has 0 bridgehead atoms. The van der Waals surface area contributed by atoms with Crippen molar-refractivity contribution in [1.29, 1.82) is 0 Å². The number of carbonyl (C=O) groups excluding carboxylic acids is 1. The van der Waals surface area contributed by atoms with Gasteiger partial charge in [-0.1, -0.05) is 0 Å². The number of carboxylic acids is 1. The van der Waals surface area contributed by atoms with Crippen LogP contribution < -0.4 is 11.1 Å². The molecule has 0 fully saturated rings. The van der Waals surface area contributed by atoms with Gasteiger partial charge in [0.2, 0.25) is 5.54 Å². The minimum absolute atomic E-state index is 0.122. The molecule has 0 aromatic carbocycles. The smallest absolute Gasteiger partial charge is 0.340 e. The zero-order valence-corrected chi connectivity index (χ0v) is 10.6. The third kappa shape index (κ3) is 4.29. The van der Waals surface area contributed by atoms with E-state index in [1.807, 2.05) is 0 Å². The summed E-state index contributed by atoms with van der Waals surface area (Å²) in [5.74, 6) is -2.33. The Kier molecular flexibility index (Phi) is 5.53. The van der Waals surface area contributed by atoms with Crippen molar-refractivity contribution < 1.29 is 24.2 Å². The van der Waals surface area contributed by atoms with Gasteiger partial charge in [-0.3, -0.25) is 5.32 Å². The van der Waals surface area contributed by atoms with Crippen molar-refractivity contribution in [2.75, 3.05) is 20.4 Å². The lowest BCUT2D eigenvalue weighted by Gasteiger charge is -2.30. The standard InChI is InChI=1S/C10H20N2O5/c1-9(2,3)17-8(15)10(5-11,7(13)14)12-6-16-4/h12H,5-6,11H2,1-4H3,(H,13,14). The Balaban J connectivity index is 5.02. The van der Waals surface area contributed by atoms with Crippen LogP contribution in [0.2, 0.25) is 0 Å². The molecule has 0 aliphatic rings. The van der Waals surface area contributed by atoms with Crippen LogP contribution >= 0.6 is 0 Å². The van der Waals surface area contributed by atoms with Gasteiger partial charge in [0.05, 0.1) is 6.73 Å². The Morgan fingerprint density at radius 3 is 2.18 bits per heavy atom. The van der Waals surface area contributed by atoms with E-state index in [0.29, 0.717) is 0 Å². The summed E-state index contributed by atoms with van der Waals surface area (Å²) in [6.45, 7) is 4.38. The maximum atomic E-state index is 11.9. The first-order valence-electron chi connectivity index (χ1n) is 5.10. The van der Waals surface area contributed by atoms with Gasteiger partial charge in [0, 0.05) is 13.7 Å². The highest BCUT2D eigenvalue weighted by molar-refractivity contribution is 6.04. The van der Waals surface area contributed by atoms with Gasteiger partial charge in [-0.25, -0.2) is 9.59 Å². The Hall–Kier alpha value is -1.18. The van der Waals surface area contributed by atoms with E-state index in [1.54, 1.807) is 20.8 Å². The van der Waals surface area contributed by atoms with Gasteiger partial charge < -0.3 is 20.3 Å². The van der Waals surface area contributed by atoms with Crippen LogP contribution in [0, 0.1) is 0 Å². The van der Waals surface area contributed by atoms with Crippen molar-refractivity contribution >= 4 is 11.9 Å². The van der Waals surface area contributed by atoms with E-state index >= 15 is 0 Å². The number of hydrogen-bond acceptors (Lipinski definition) is 6. The number of nitrogens with two attached hydrogens (primary N) is 1. The quantitative estimate of drug-likeness (QED) is 0.324. The van der Waals surface area contributed by atoms with Crippen molar-refractivity contribution in [3.8, 4) is 0 Å². The Morgan fingerprint density at radius 1 is 1.35 bits per heavy atom. The summed E-state index contributed by atoms with van der Waals surface area (Å²) in [5, 5.41) is 11.6. The minimum atomic E-state index is -1.98. The first kappa shape index (κ1) is 15.8. The van der Waals surface area contributed by atoms with E-state index in [2.05, 4.69) is 5.32 Å². The summed E-state index contributed by atoms with van der Waals surface area (Å²) in [5.41, 5.74) is 2.60. The Morgan fingerprint density at radius 2 is 1.88 bits per heavy atom. The molecule has 7 heteroatoms. The Bertz CT molecular complexity index is 287. The predicted molar refractivity (Wildman–Crippen MR) is 60.3 cm³/mol. The summed E-state index contributed by atoms with van der Waals surface area (Å²) < 4.78 is 9.73. The first-order valence-corrected chi connectivity index (χ1v) is 5.10. The lowest BCUT2D eigenvalue weighted by Crippen LogP contribution is -2.64. The molecule has 0 heterocycles. The third-order valence-corrected chi connectivity index (χ3v) is 1.94. The molecule has 7 nitrogen and oxygen atoms in total. The molecule has 0 amide bonds. The summed E-state index contributed by atoms with van der Waals surface area (Å²) in [6, 6.07) is 0. The van der Waals surface area contributed by atoms with Crippen molar-refractivity contribution in [2.24, 2.45) is 5.73 Å². The van der Waals surface area contributed by atoms with Crippen LogP contribution in [0.15, 0.2) is 0 Å². The van der Waals surface area contributed by atoms with Gasteiger partial charge in [0.15, 0.2) is 0 Å². The van der Waals surface area contributed by atoms with Crippen LogP contribution in [0.3, 0.4) is 0 Å². The van der Waals surface area contributed by atoms with E-state index < -0.39 is 29.6 Å². The summed E-state index contributed by atoms with van der Waals surface area (Å²) >= 11 is 0. The molecule has 0 aliphatic heterocycles. The van der Waals surface area contributed by atoms with E-state index in [-0.39, 0.29) is 6.73 Å². The number of nitrogens with one attached hydrogen (secondary N) is 1. The summed E-state index contributed by atoms with van der Waals surface area (Å²) in [6.07, 6.45) is 0. The highest BCUT2D eigenvalue weighted by Gasteiger charge is 2.47. The van der Waals surface area contributed by atoms with Crippen molar-refractivity contribution in [3.05, 3.63) is 0 Å². The maximum absolute atomic E-state index is 11.9. The second-order valence-electron chi connectivity index (χ2n) is 4.53. The lowest BCUT2D eigenvalue weighted by atomic mass is 10.00. The average Bonchev–Trinajstić information content (AvgIpc) is 2.16. The zero-order chi connectivity index (χ0) is 13.7. The lowest BCUT2D eigenvalue weighted by molar-refractivity contribution is -0.171. The molecule has 1 atom stereocenters. The fraction of sp³-hybridized carbons (Fsp3) is 0.800. The van der Waals surface area contributed by atoms with Gasteiger partial charge in [0.1, 0.15) is 5.60 Å². The van der Waals surface area contributed by atoms with Gasteiger partial charge >= 0.3 is 11.9 Å². The molecule has 1 unspecified atom stereocenters. The Labute approximate surface area is 100 Å². The largest absolute Gasteiger partial charge is 0.479 e. The van der Waals surface area contributed by atoms with Crippen LogP contribution in [0.25, 0.3) is 0 Å². The number of carboxylic acid groups (broad SMARTS) is 1. The molecule has 0 aromatic rings. The first-order chi connectivity index (χ1) is 7.69. The molecule has 0 saturated heterocycles. The van der Waals surface area contributed by atoms with Gasteiger partial charge in [-0.05, 0) is 20.8 Å². The average molecular weight is 248 g/mol. The van der Waals surface area contributed by atoms with Gasteiger partial charge in [-0.2, -0.15) is 0 Å². The van der Waals surface area contributed by atoms with E-state index in [4.69, 9.17) is 20.3 Å². The van der Waals surface area contributed by atoms with E-state index in [1.165, 1.54) is 7.11 Å². The topological polar surface area (TPSA) is 111 Å². The van der Waals surface area contributed by atoms with Crippen molar-refractivity contribution in [2.45, 2.75) is 31.9 Å². The van der Waals surface area contributed by atoms with Gasteiger partial charge in [-0.15, -0.1) is 0 Å². The molecular formula is C10H20N2O5. The van der Waals surface area contributed by atoms with E-state index in [9.17, 15) is 9.59 Å². The maximum Gasteiger partial charge on any atom is 0.340 e. The second kappa shape index (κ2) is 5.95. The number of carbonyl (C=O) groups is 2. The number of esters is 1. The van der Waals surface area contributed by atoms with Crippen LogP contribution in [-0.4, -0.2) is 48.6 Å². The molecule has 0 rings (SSSR count). The molecule has 4 N–H and O–H groups in total. The van der Waals surface area contributed by atoms with Crippen LogP contribution in [0.4, 0.5) is 0 Å². The molecule has 0 aromatic heterocycles. The molecule has 0 saturated carbocycles. The predicted octanol–water partition coefficient (Wildman–Crippen LogP) is -0.696. The fourth-order valence-corrected chi connectivity index (χ4v) is 1.04. The minimum Gasteiger partial charge on any atom is -0.479 e. The summed E-state index contributed by atoms with van der Waals surface area (Å²) in [7, 11) is 1.37. The van der Waals surface area contributed by atoms with Crippen LogP contribution in [0.5, 0.6) is 0 Å². The number of rotatable bonds is 6. The highest BCUT2D eigenvalue weighted by Crippen LogP contribution is 2.14. The molecule has 0 radical (unpaired) electrons. The van der Waals surface area contributed by atoms with E-state index in [0.717, 1.165) is 0 Å². The zero-order valence-electron chi connectivity index (χ0n) is 10.6. The van der Waals surface area contributed by atoms with Crippen LogP contribution in [-0.2, 0) is 19.1 Å². The highest BCUT2D eigenvalue weighted by atomic mass is 16.6. The normalized spacial score (nSPS) is 15.1. The third-order valence-electron chi connectivity index (χ3n) is 1.94. The molecule has 17 heavy (non-hydrogen) atoms. The molecule has 0 aliphatic carbocycles. The van der Waals surface area contributed by atoms with Gasteiger partial charge in [0.25, 0.3) is 0 Å². The number of methoxy groups -OCH3 is 1. The molecular weight excluding hydrogens is 228 g/mol. The van der Waals surface area contributed by atoms with Crippen molar-refractivity contribution in [1.82, 2.24) is 5.32 Å². The number of ether oxygens (including phenoxy) is 2.